The molecule has 1 unspecified atom stereocenters. The van der Waals surface area contributed by atoms with Gasteiger partial charge in [-0.2, -0.15) is 11.8 Å². The largest absolute Gasteiger partial charge is 0.326 e. The first-order valence-electron chi connectivity index (χ1n) is 5.37. The number of primary sulfonamides is 1. The minimum absolute atomic E-state index is 0.0713. The second-order valence-corrected chi connectivity index (χ2v) is 6.54. The second kappa shape index (κ2) is 6.36. The van der Waals surface area contributed by atoms with Gasteiger partial charge in [-0.15, -0.1) is 0 Å². The van der Waals surface area contributed by atoms with E-state index in [4.69, 9.17) is 5.14 Å². The van der Waals surface area contributed by atoms with Crippen LogP contribution in [0.1, 0.15) is 6.92 Å². The summed E-state index contributed by atoms with van der Waals surface area (Å²) >= 11 is 1.51. The molecule has 0 aliphatic heterocycles. The molecule has 0 heterocycles. The summed E-state index contributed by atoms with van der Waals surface area (Å²) in [6.45, 7) is 1.73. The van der Waals surface area contributed by atoms with Gasteiger partial charge in [-0.1, -0.05) is 6.92 Å². The summed E-state index contributed by atoms with van der Waals surface area (Å²) < 4.78 is 35.6. The van der Waals surface area contributed by atoms with Gasteiger partial charge in [-0.05, 0) is 24.5 Å². The van der Waals surface area contributed by atoms with Crippen LogP contribution in [0.2, 0.25) is 0 Å². The van der Waals surface area contributed by atoms with Crippen LogP contribution in [-0.2, 0) is 14.8 Å². The zero-order valence-electron chi connectivity index (χ0n) is 10.5. The van der Waals surface area contributed by atoms with Crippen LogP contribution in [0, 0.1) is 11.7 Å². The SMILES string of the molecule is CSCC(C)C(=O)Nc1cc(F)cc(S(N)(=O)=O)c1. The molecule has 0 aromatic heterocycles. The van der Waals surface area contributed by atoms with Crippen LogP contribution in [0.3, 0.4) is 0 Å². The highest BCUT2D eigenvalue weighted by Gasteiger charge is 2.15. The molecule has 0 radical (unpaired) electrons. The molecule has 1 aromatic rings. The molecule has 0 bridgehead atoms. The van der Waals surface area contributed by atoms with Gasteiger partial charge in [0, 0.05) is 17.4 Å². The number of nitrogens with two attached hydrogens (primary N) is 1. The Morgan fingerprint density at radius 2 is 2.11 bits per heavy atom. The maximum atomic E-state index is 13.3. The molecule has 1 amide bonds. The van der Waals surface area contributed by atoms with Crippen LogP contribution in [0.4, 0.5) is 10.1 Å². The maximum absolute atomic E-state index is 13.3. The van der Waals surface area contributed by atoms with Crippen LogP contribution in [0.25, 0.3) is 0 Å². The zero-order valence-corrected chi connectivity index (χ0v) is 12.1. The van der Waals surface area contributed by atoms with Crippen molar-refractivity contribution >= 4 is 33.4 Å². The molecule has 3 N–H and O–H groups in total. The molecular formula is C11H15FN2O3S2. The Balaban J connectivity index is 2.97. The Bertz CT molecular complexity index is 575. The van der Waals surface area contributed by atoms with E-state index in [1.54, 1.807) is 6.92 Å². The molecule has 5 nitrogen and oxygen atoms in total. The predicted molar refractivity (Wildman–Crippen MR) is 73.9 cm³/mol. The van der Waals surface area contributed by atoms with Gasteiger partial charge in [0.15, 0.2) is 0 Å². The molecule has 1 rings (SSSR count). The normalized spacial score (nSPS) is 13.1. The lowest BCUT2D eigenvalue weighted by Crippen LogP contribution is -2.22. The molecule has 1 aromatic carbocycles. The monoisotopic (exact) mass is 306 g/mol. The maximum Gasteiger partial charge on any atom is 0.238 e. The molecule has 0 spiro atoms. The fraction of sp³-hybridized carbons (Fsp3) is 0.364. The highest BCUT2D eigenvalue weighted by Crippen LogP contribution is 2.18. The quantitative estimate of drug-likeness (QED) is 0.860. The van der Waals surface area contributed by atoms with Crippen LogP contribution in [0.5, 0.6) is 0 Å². The summed E-state index contributed by atoms with van der Waals surface area (Å²) in [5.74, 6) is -0.737. The Morgan fingerprint density at radius 3 is 2.63 bits per heavy atom. The number of benzene rings is 1. The second-order valence-electron chi connectivity index (χ2n) is 4.07. The summed E-state index contributed by atoms with van der Waals surface area (Å²) in [6, 6.07) is 2.97. The van der Waals surface area contributed by atoms with Crippen molar-refractivity contribution in [2.24, 2.45) is 11.1 Å². The lowest BCUT2D eigenvalue weighted by atomic mass is 10.2. The van der Waals surface area contributed by atoms with Gasteiger partial charge in [0.2, 0.25) is 15.9 Å². The third-order valence-corrected chi connectivity index (χ3v) is 4.06. The van der Waals surface area contributed by atoms with Gasteiger partial charge in [0.25, 0.3) is 0 Å². The lowest BCUT2D eigenvalue weighted by molar-refractivity contribution is -0.118. The van der Waals surface area contributed by atoms with Crippen molar-refractivity contribution < 1.29 is 17.6 Å². The number of anilines is 1. The van der Waals surface area contributed by atoms with Crippen LogP contribution in [-0.4, -0.2) is 26.3 Å². The Morgan fingerprint density at radius 1 is 1.47 bits per heavy atom. The number of hydrogen-bond acceptors (Lipinski definition) is 4. The van der Waals surface area contributed by atoms with Gasteiger partial charge in [0.1, 0.15) is 5.82 Å². The highest BCUT2D eigenvalue weighted by atomic mass is 32.2. The van der Waals surface area contributed by atoms with E-state index in [2.05, 4.69) is 5.32 Å². The zero-order chi connectivity index (χ0) is 14.6. The van der Waals surface area contributed by atoms with E-state index in [0.29, 0.717) is 5.75 Å². The van der Waals surface area contributed by atoms with Crippen LogP contribution in [0.15, 0.2) is 23.1 Å². The Labute approximate surface area is 115 Å². The predicted octanol–water partition coefficient (Wildman–Crippen LogP) is 1.41. The molecule has 1 atom stereocenters. The van der Waals surface area contributed by atoms with Gasteiger partial charge >= 0.3 is 0 Å². The number of rotatable bonds is 5. The molecule has 0 saturated heterocycles. The lowest BCUT2D eigenvalue weighted by Gasteiger charge is -2.11. The first kappa shape index (κ1) is 15.9. The van der Waals surface area contributed by atoms with Crippen molar-refractivity contribution in [1.82, 2.24) is 0 Å². The van der Waals surface area contributed by atoms with E-state index in [-0.39, 0.29) is 22.4 Å². The van der Waals surface area contributed by atoms with E-state index < -0.39 is 15.8 Å². The van der Waals surface area contributed by atoms with Gasteiger partial charge in [-0.3, -0.25) is 4.79 Å². The van der Waals surface area contributed by atoms with E-state index >= 15 is 0 Å². The van der Waals surface area contributed by atoms with Crippen molar-refractivity contribution in [2.75, 3.05) is 17.3 Å². The van der Waals surface area contributed by atoms with Gasteiger partial charge < -0.3 is 5.32 Å². The smallest absolute Gasteiger partial charge is 0.238 e. The van der Waals surface area contributed by atoms with Crippen molar-refractivity contribution in [3.8, 4) is 0 Å². The van der Waals surface area contributed by atoms with E-state index in [0.717, 1.165) is 18.2 Å². The molecule has 0 aliphatic carbocycles. The third kappa shape index (κ3) is 4.81. The molecule has 0 fully saturated rings. The van der Waals surface area contributed by atoms with E-state index in [9.17, 15) is 17.6 Å². The Hall–Kier alpha value is -1.12. The molecule has 106 valence electrons. The summed E-state index contributed by atoms with van der Waals surface area (Å²) in [7, 11) is -4.01. The minimum atomic E-state index is -4.01. The number of nitrogens with one attached hydrogen (secondary N) is 1. The first-order chi connectivity index (χ1) is 8.74. The van der Waals surface area contributed by atoms with Crippen molar-refractivity contribution in [2.45, 2.75) is 11.8 Å². The number of halogens is 1. The third-order valence-electron chi connectivity index (χ3n) is 2.33. The number of hydrogen-bond donors (Lipinski definition) is 2. The van der Waals surface area contributed by atoms with E-state index in [1.165, 1.54) is 11.8 Å². The van der Waals surface area contributed by atoms with Crippen LogP contribution >= 0.6 is 11.8 Å². The van der Waals surface area contributed by atoms with E-state index in [1.807, 2.05) is 6.26 Å². The summed E-state index contributed by atoms with van der Waals surface area (Å²) in [5.41, 5.74) is 0.0713. The first-order valence-corrected chi connectivity index (χ1v) is 8.31. The van der Waals surface area contributed by atoms with Crippen molar-refractivity contribution in [3.05, 3.63) is 24.0 Å². The number of sulfonamides is 1. The average molecular weight is 306 g/mol. The van der Waals surface area contributed by atoms with Crippen molar-refractivity contribution in [1.29, 1.82) is 0 Å². The number of carbonyl (C=O) groups is 1. The number of amides is 1. The number of carbonyl (C=O) groups excluding carboxylic acids is 1. The number of thioether (sulfide) groups is 1. The molecule has 0 saturated carbocycles. The summed E-state index contributed by atoms with van der Waals surface area (Å²) in [6.07, 6.45) is 1.87. The fourth-order valence-electron chi connectivity index (χ4n) is 1.39. The van der Waals surface area contributed by atoms with Crippen LogP contribution < -0.4 is 10.5 Å². The molecule has 0 aliphatic rings. The highest BCUT2D eigenvalue weighted by molar-refractivity contribution is 7.98. The molecule has 8 heteroatoms. The average Bonchev–Trinajstić information content (AvgIpc) is 2.27. The summed E-state index contributed by atoms with van der Waals surface area (Å²) in [5, 5.41) is 7.39. The Kier molecular flexibility index (Phi) is 5.33. The van der Waals surface area contributed by atoms with Gasteiger partial charge in [-0.25, -0.2) is 17.9 Å². The van der Waals surface area contributed by atoms with Crippen molar-refractivity contribution in [3.63, 3.8) is 0 Å². The van der Waals surface area contributed by atoms with Gasteiger partial charge in [0.05, 0.1) is 4.90 Å². The topological polar surface area (TPSA) is 89.3 Å². The standard InChI is InChI=1S/C11H15FN2O3S2/c1-7(6-18-2)11(15)14-9-3-8(12)4-10(5-9)19(13,16)17/h3-5,7H,6H2,1-2H3,(H,14,15)(H2,13,16,17). The summed E-state index contributed by atoms with van der Waals surface area (Å²) in [4.78, 5) is 11.4. The fourth-order valence-corrected chi connectivity index (χ4v) is 2.61. The minimum Gasteiger partial charge on any atom is -0.326 e. The molecule has 19 heavy (non-hydrogen) atoms. The molecular weight excluding hydrogens is 291 g/mol.